The highest BCUT2D eigenvalue weighted by molar-refractivity contribution is 5.96. The van der Waals surface area contributed by atoms with E-state index in [-0.39, 0.29) is 17.9 Å². The second kappa shape index (κ2) is 7.86. The van der Waals surface area contributed by atoms with Crippen molar-refractivity contribution in [1.82, 2.24) is 35.2 Å². The van der Waals surface area contributed by atoms with E-state index in [0.29, 0.717) is 30.6 Å². The predicted molar refractivity (Wildman–Crippen MR) is 105 cm³/mol. The van der Waals surface area contributed by atoms with Gasteiger partial charge < -0.3 is 10.6 Å². The molecule has 4 heterocycles. The molecule has 0 saturated heterocycles. The lowest BCUT2D eigenvalue weighted by molar-refractivity contribution is 0.0934. The molecule has 4 rings (SSSR count). The summed E-state index contributed by atoms with van der Waals surface area (Å²) >= 11 is 0. The largest absolute Gasteiger partial charge is 0.348 e. The van der Waals surface area contributed by atoms with Gasteiger partial charge in [-0.2, -0.15) is 10.2 Å². The zero-order chi connectivity index (χ0) is 20.4. The summed E-state index contributed by atoms with van der Waals surface area (Å²) in [4.78, 5) is 29.3. The van der Waals surface area contributed by atoms with Crippen LogP contribution in [0.5, 0.6) is 0 Å². The number of amides is 2. The summed E-state index contributed by atoms with van der Waals surface area (Å²) in [5, 5.41) is 14.5. The number of hydrogen-bond donors (Lipinski definition) is 2. The quantitative estimate of drug-likeness (QED) is 0.652. The average molecular weight is 393 g/mol. The van der Waals surface area contributed by atoms with Crippen molar-refractivity contribution in [3.05, 3.63) is 65.0 Å². The topological polar surface area (TPSA) is 107 Å². The van der Waals surface area contributed by atoms with Crippen LogP contribution in [0.4, 0.5) is 0 Å². The Morgan fingerprint density at radius 3 is 2.72 bits per heavy atom. The van der Waals surface area contributed by atoms with Crippen molar-refractivity contribution in [2.45, 2.75) is 45.9 Å². The van der Waals surface area contributed by atoms with E-state index in [1.165, 1.54) is 0 Å². The fourth-order valence-corrected chi connectivity index (χ4v) is 3.61. The summed E-state index contributed by atoms with van der Waals surface area (Å²) in [7, 11) is 0. The molecule has 150 valence electrons. The van der Waals surface area contributed by atoms with Crippen molar-refractivity contribution in [3.63, 3.8) is 0 Å². The molecule has 0 aromatic carbocycles. The Morgan fingerprint density at radius 2 is 2.00 bits per heavy atom. The minimum atomic E-state index is -0.179. The molecule has 0 bridgehead atoms. The van der Waals surface area contributed by atoms with Crippen molar-refractivity contribution in [2.75, 3.05) is 0 Å². The molecule has 3 aromatic rings. The third-order valence-corrected chi connectivity index (χ3v) is 5.18. The summed E-state index contributed by atoms with van der Waals surface area (Å²) in [5.74, 6) is -0.331. The van der Waals surface area contributed by atoms with E-state index in [2.05, 4.69) is 25.8 Å². The fourth-order valence-electron chi connectivity index (χ4n) is 3.61. The molecule has 1 aliphatic heterocycles. The van der Waals surface area contributed by atoms with Crippen LogP contribution < -0.4 is 10.6 Å². The van der Waals surface area contributed by atoms with Crippen molar-refractivity contribution < 1.29 is 9.59 Å². The van der Waals surface area contributed by atoms with E-state index >= 15 is 0 Å². The van der Waals surface area contributed by atoms with Gasteiger partial charge >= 0.3 is 0 Å². The number of aryl methyl sites for hydroxylation is 1. The molecule has 2 amide bonds. The van der Waals surface area contributed by atoms with E-state index in [9.17, 15) is 9.59 Å². The first-order valence-corrected chi connectivity index (χ1v) is 9.62. The first-order chi connectivity index (χ1) is 14.1. The number of nitrogens with zero attached hydrogens (tertiary/aromatic N) is 5. The van der Waals surface area contributed by atoms with Crippen molar-refractivity contribution in [2.24, 2.45) is 0 Å². The molecule has 0 aliphatic carbocycles. The number of aromatic nitrogens is 5. The van der Waals surface area contributed by atoms with E-state index < -0.39 is 0 Å². The number of carbonyl (C=O) groups is 2. The standard InChI is InChI=1S/C20H23N7O2/c1-3-26-13(2)16(10-23-26)20(29)25-15-7-18-17(11-24-27(18)12-15)19(28)22-9-14-5-4-6-21-8-14/h4-6,8,10-11,15H,3,7,9,12H2,1-2H3,(H,22,28)(H,25,29)/t15-/m0/s1. The molecule has 9 nitrogen and oxygen atoms in total. The minimum Gasteiger partial charge on any atom is -0.348 e. The van der Waals surface area contributed by atoms with Crippen LogP contribution in [0.3, 0.4) is 0 Å². The van der Waals surface area contributed by atoms with Crippen LogP contribution >= 0.6 is 0 Å². The van der Waals surface area contributed by atoms with Crippen LogP contribution in [0.15, 0.2) is 36.9 Å². The Bertz CT molecular complexity index is 1040. The number of nitrogens with one attached hydrogen (secondary N) is 2. The van der Waals surface area contributed by atoms with Crippen molar-refractivity contribution in [3.8, 4) is 0 Å². The summed E-state index contributed by atoms with van der Waals surface area (Å²) in [6.07, 6.45) is 7.15. The summed E-state index contributed by atoms with van der Waals surface area (Å²) < 4.78 is 3.57. The number of carbonyl (C=O) groups excluding carboxylic acids is 2. The highest BCUT2D eigenvalue weighted by atomic mass is 16.2. The first-order valence-electron chi connectivity index (χ1n) is 9.62. The van der Waals surface area contributed by atoms with E-state index in [1.807, 2.05) is 26.0 Å². The monoisotopic (exact) mass is 393 g/mol. The van der Waals surface area contributed by atoms with Crippen LogP contribution in [0.25, 0.3) is 0 Å². The molecule has 0 spiro atoms. The van der Waals surface area contributed by atoms with Gasteiger partial charge in [0.2, 0.25) is 0 Å². The lowest BCUT2D eigenvalue weighted by Gasteiger charge is -2.11. The van der Waals surface area contributed by atoms with Crippen LogP contribution in [-0.2, 0) is 26.1 Å². The van der Waals surface area contributed by atoms with Gasteiger partial charge in [0.05, 0.1) is 41.8 Å². The highest BCUT2D eigenvalue weighted by Gasteiger charge is 2.29. The fraction of sp³-hybridized carbons (Fsp3) is 0.350. The maximum absolute atomic E-state index is 12.6. The Balaban J connectivity index is 1.39. The molecule has 2 N–H and O–H groups in total. The molecule has 0 radical (unpaired) electrons. The number of rotatable bonds is 6. The third kappa shape index (κ3) is 3.75. The normalized spacial score (nSPS) is 15.2. The average Bonchev–Trinajstić information content (AvgIpc) is 3.40. The first kappa shape index (κ1) is 18.9. The molecule has 0 saturated carbocycles. The van der Waals surface area contributed by atoms with Gasteiger partial charge in [-0.1, -0.05) is 6.07 Å². The van der Waals surface area contributed by atoms with E-state index in [4.69, 9.17) is 0 Å². The second-order valence-electron chi connectivity index (χ2n) is 7.06. The van der Waals surface area contributed by atoms with E-state index in [1.54, 1.807) is 34.2 Å². The summed E-state index contributed by atoms with van der Waals surface area (Å²) in [5.41, 5.74) is 3.72. The van der Waals surface area contributed by atoms with Crippen molar-refractivity contribution >= 4 is 11.8 Å². The molecule has 1 atom stereocenters. The molecule has 9 heteroatoms. The van der Waals surface area contributed by atoms with Gasteiger partial charge in [0.25, 0.3) is 11.8 Å². The van der Waals surface area contributed by atoms with Crippen LogP contribution in [-0.4, -0.2) is 42.4 Å². The predicted octanol–water partition coefficient (Wildman–Crippen LogP) is 1.09. The van der Waals surface area contributed by atoms with Crippen LogP contribution in [0.2, 0.25) is 0 Å². The van der Waals surface area contributed by atoms with Gasteiger partial charge in [0.15, 0.2) is 0 Å². The maximum Gasteiger partial charge on any atom is 0.255 e. The van der Waals surface area contributed by atoms with Crippen LogP contribution in [0, 0.1) is 6.92 Å². The summed E-state index contributed by atoms with van der Waals surface area (Å²) in [6, 6.07) is 3.63. The zero-order valence-electron chi connectivity index (χ0n) is 16.4. The lowest BCUT2D eigenvalue weighted by Crippen LogP contribution is -2.36. The van der Waals surface area contributed by atoms with E-state index in [0.717, 1.165) is 23.5 Å². The molecular weight excluding hydrogens is 370 g/mol. The SMILES string of the molecule is CCn1ncc(C(=O)N[C@H]2Cc3c(C(=O)NCc4cccnc4)cnn3C2)c1C. The second-order valence-corrected chi connectivity index (χ2v) is 7.06. The molecular formula is C20H23N7O2. The maximum atomic E-state index is 12.6. The third-order valence-electron chi connectivity index (χ3n) is 5.18. The van der Waals surface area contributed by atoms with Gasteiger partial charge in [-0.3, -0.25) is 23.9 Å². The van der Waals surface area contributed by atoms with Gasteiger partial charge in [-0.15, -0.1) is 0 Å². The summed E-state index contributed by atoms with van der Waals surface area (Å²) in [6.45, 7) is 5.53. The van der Waals surface area contributed by atoms with Crippen LogP contribution in [0.1, 0.15) is 44.6 Å². The molecule has 29 heavy (non-hydrogen) atoms. The van der Waals surface area contributed by atoms with Crippen molar-refractivity contribution in [1.29, 1.82) is 0 Å². The molecule has 0 unspecified atom stereocenters. The Morgan fingerprint density at radius 1 is 1.17 bits per heavy atom. The highest BCUT2D eigenvalue weighted by Crippen LogP contribution is 2.20. The smallest absolute Gasteiger partial charge is 0.255 e. The molecule has 3 aromatic heterocycles. The molecule has 0 fully saturated rings. The zero-order valence-corrected chi connectivity index (χ0v) is 16.4. The van der Waals surface area contributed by atoms with Gasteiger partial charge in [-0.05, 0) is 25.5 Å². The Kier molecular flexibility index (Phi) is 5.11. The number of fused-ring (bicyclic) bond motifs is 1. The number of hydrogen-bond acceptors (Lipinski definition) is 5. The number of pyridine rings is 1. The molecule has 1 aliphatic rings. The van der Waals surface area contributed by atoms with Gasteiger partial charge in [0, 0.05) is 37.6 Å². The van der Waals surface area contributed by atoms with Gasteiger partial charge in [0.1, 0.15) is 0 Å². The Hall–Kier alpha value is -3.49. The lowest BCUT2D eigenvalue weighted by atomic mass is 10.1. The van der Waals surface area contributed by atoms with Gasteiger partial charge in [-0.25, -0.2) is 0 Å². The Labute approximate surface area is 168 Å². The minimum absolute atomic E-state index is 0.111.